The summed E-state index contributed by atoms with van der Waals surface area (Å²) in [4.78, 5) is 2.55. The molecule has 1 aromatic carbocycles. The predicted molar refractivity (Wildman–Crippen MR) is 96.9 cm³/mol. The highest BCUT2D eigenvalue weighted by Gasteiger charge is 2.57. The first-order valence-corrected chi connectivity index (χ1v) is 9.17. The molecule has 2 unspecified atom stereocenters. The third kappa shape index (κ3) is 2.55. The minimum absolute atomic E-state index is 0.228. The SMILES string of the molecule is CCC12CCN(CC(C)(C)O)C(Cc3ccc(C)cc31)C2(C)C. The zero-order valence-electron chi connectivity index (χ0n) is 15.7. The summed E-state index contributed by atoms with van der Waals surface area (Å²) in [7, 11) is 0. The third-order valence-corrected chi connectivity index (χ3v) is 6.72. The van der Waals surface area contributed by atoms with Crippen LogP contribution in [0, 0.1) is 12.3 Å². The van der Waals surface area contributed by atoms with Gasteiger partial charge in [-0.05, 0) is 63.1 Å². The topological polar surface area (TPSA) is 23.5 Å². The van der Waals surface area contributed by atoms with Gasteiger partial charge in [0.05, 0.1) is 5.60 Å². The van der Waals surface area contributed by atoms with E-state index in [0.717, 1.165) is 19.5 Å². The minimum atomic E-state index is -0.629. The van der Waals surface area contributed by atoms with Crippen LogP contribution in [0.1, 0.15) is 64.2 Å². The van der Waals surface area contributed by atoms with Crippen molar-refractivity contribution in [3.63, 3.8) is 0 Å². The Bertz CT molecular complexity index is 598. The summed E-state index contributed by atoms with van der Waals surface area (Å²) in [6, 6.07) is 7.57. The van der Waals surface area contributed by atoms with Gasteiger partial charge in [-0.1, -0.05) is 44.5 Å². The van der Waals surface area contributed by atoms with Gasteiger partial charge in [-0.15, -0.1) is 0 Å². The van der Waals surface area contributed by atoms with Crippen LogP contribution in [0.5, 0.6) is 0 Å². The highest BCUT2D eigenvalue weighted by Crippen LogP contribution is 2.58. The molecule has 1 aromatic rings. The zero-order chi connectivity index (χ0) is 17.0. The lowest BCUT2D eigenvalue weighted by molar-refractivity contribution is -0.0778. The van der Waals surface area contributed by atoms with Crippen LogP contribution in [-0.2, 0) is 11.8 Å². The molecule has 1 saturated heterocycles. The molecule has 1 heterocycles. The fraction of sp³-hybridized carbons (Fsp3) is 0.714. The van der Waals surface area contributed by atoms with Crippen molar-refractivity contribution < 1.29 is 5.11 Å². The van der Waals surface area contributed by atoms with Gasteiger partial charge in [0, 0.05) is 18.0 Å². The summed E-state index contributed by atoms with van der Waals surface area (Å²) in [6.45, 7) is 15.2. The lowest BCUT2D eigenvalue weighted by atomic mass is 9.49. The second-order valence-corrected chi connectivity index (χ2v) is 9.07. The molecular formula is C21H33NO. The monoisotopic (exact) mass is 315 g/mol. The van der Waals surface area contributed by atoms with Crippen LogP contribution < -0.4 is 0 Å². The second kappa shape index (κ2) is 5.32. The minimum Gasteiger partial charge on any atom is -0.389 e. The van der Waals surface area contributed by atoms with Crippen LogP contribution in [-0.4, -0.2) is 34.7 Å². The fourth-order valence-electron chi connectivity index (χ4n) is 5.49. The number of fused-ring (bicyclic) bond motifs is 4. The van der Waals surface area contributed by atoms with Gasteiger partial charge in [0.25, 0.3) is 0 Å². The summed E-state index contributed by atoms with van der Waals surface area (Å²) in [6.07, 6.45) is 3.50. The molecule has 3 rings (SSSR count). The van der Waals surface area contributed by atoms with Crippen molar-refractivity contribution in [3.8, 4) is 0 Å². The first kappa shape index (κ1) is 17.0. The molecule has 1 fully saturated rings. The average molecular weight is 316 g/mol. The van der Waals surface area contributed by atoms with Gasteiger partial charge in [0.2, 0.25) is 0 Å². The van der Waals surface area contributed by atoms with Crippen LogP contribution in [0.3, 0.4) is 0 Å². The van der Waals surface area contributed by atoms with Crippen molar-refractivity contribution >= 4 is 0 Å². The molecule has 0 amide bonds. The van der Waals surface area contributed by atoms with Crippen LogP contribution >= 0.6 is 0 Å². The predicted octanol–water partition coefficient (Wildman–Crippen LogP) is 4.07. The van der Waals surface area contributed by atoms with E-state index in [1.807, 2.05) is 13.8 Å². The molecule has 0 saturated carbocycles. The number of piperidine rings is 1. The molecule has 1 aliphatic heterocycles. The molecule has 23 heavy (non-hydrogen) atoms. The van der Waals surface area contributed by atoms with E-state index in [0.29, 0.717) is 6.04 Å². The highest BCUT2D eigenvalue weighted by molar-refractivity contribution is 5.44. The van der Waals surface area contributed by atoms with Crippen LogP contribution in [0.2, 0.25) is 0 Å². The maximum Gasteiger partial charge on any atom is 0.0718 e. The number of benzene rings is 1. The molecule has 0 spiro atoms. The van der Waals surface area contributed by atoms with E-state index in [9.17, 15) is 5.11 Å². The Morgan fingerprint density at radius 2 is 2.00 bits per heavy atom. The standard InChI is InChI=1S/C21H33NO/c1-7-21-10-11-22(14-19(3,4)23)18(20(21,5)6)13-16-9-8-15(2)12-17(16)21/h8-9,12,18,23H,7,10-11,13-14H2,1-6H3. The number of nitrogens with zero attached hydrogens (tertiary/aromatic N) is 1. The molecule has 1 N–H and O–H groups in total. The lowest BCUT2D eigenvalue weighted by Crippen LogP contribution is -2.66. The van der Waals surface area contributed by atoms with Crippen molar-refractivity contribution in [2.24, 2.45) is 5.41 Å². The zero-order valence-corrected chi connectivity index (χ0v) is 15.7. The molecule has 2 heteroatoms. The van der Waals surface area contributed by atoms with E-state index < -0.39 is 5.60 Å². The molecule has 1 aliphatic carbocycles. The van der Waals surface area contributed by atoms with E-state index in [4.69, 9.17) is 0 Å². The molecule has 2 nitrogen and oxygen atoms in total. The number of rotatable bonds is 3. The smallest absolute Gasteiger partial charge is 0.0718 e. The number of likely N-dealkylation sites (tertiary alicyclic amines) is 1. The molecule has 128 valence electrons. The second-order valence-electron chi connectivity index (χ2n) is 9.07. The van der Waals surface area contributed by atoms with Crippen LogP contribution in [0.4, 0.5) is 0 Å². The quantitative estimate of drug-likeness (QED) is 0.909. The summed E-state index contributed by atoms with van der Waals surface area (Å²) in [5, 5.41) is 10.3. The van der Waals surface area contributed by atoms with Gasteiger partial charge in [0.15, 0.2) is 0 Å². The number of β-amino-alcohol motifs (C(OH)–C–C–N with tert-alkyl or cyclic N) is 1. The Morgan fingerprint density at radius 3 is 2.61 bits per heavy atom. The largest absolute Gasteiger partial charge is 0.389 e. The summed E-state index contributed by atoms with van der Waals surface area (Å²) in [5.41, 5.74) is 4.38. The van der Waals surface area contributed by atoms with Gasteiger partial charge >= 0.3 is 0 Å². The van der Waals surface area contributed by atoms with E-state index in [1.54, 1.807) is 5.56 Å². The molecule has 0 radical (unpaired) electrons. The third-order valence-electron chi connectivity index (χ3n) is 6.72. The summed E-state index contributed by atoms with van der Waals surface area (Å²) in [5.74, 6) is 0. The Balaban J connectivity index is 2.09. The lowest BCUT2D eigenvalue weighted by Gasteiger charge is -2.62. The van der Waals surface area contributed by atoms with E-state index in [1.165, 1.54) is 24.0 Å². The Kier molecular flexibility index (Phi) is 3.93. The van der Waals surface area contributed by atoms with Gasteiger partial charge in [-0.25, -0.2) is 0 Å². The fourth-order valence-corrected chi connectivity index (χ4v) is 5.49. The number of aryl methyl sites for hydroxylation is 1. The number of aliphatic hydroxyl groups is 1. The number of hydrogen-bond donors (Lipinski definition) is 1. The molecule has 2 atom stereocenters. The van der Waals surface area contributed by atoms with Crippen LogP contribution in [0.25, 0.3) is 0 Å². The number of hydrogen-bond acceptors (Lipinski definition) is 2. The molecule has 2 aliphatic rings. The first-order chi connectivity index (χ1) is 10.6. The van der Waals surface area contributed by atoms with Gasteiger partial charge < -0.3 is 5.11 Å². The Hall–Kier alpha value is -0.860. The van der Waals surface area contributed by atoms with Gasteiger partial charge in [0.1, 0.15) is 0 Å². The van der Waals surface area contributed by atoms with E-state index in [2.05, 4.69) is 50.8 Å². The molecular weight excluding hydrogens is 282 g/mol. The average Bonchev–Trinajstić information content (AvgIpc) is 2.42. The summed E-state index contributed by atoms with van der Waals surface area (Å²) < 4.78 is 0. The van der Waals surface area contributed by atoms with E-state index >= 15 is 0 Å². The van der Waals surface area contributed by atoms with Gasteiger partial charge in [-0.2, -0.15) is 0 Å². The van der Waals surface area contributed by atoms with Crippen molar-refractivity contribution in [2.45, 2.75) is 77.9 Å². The Morgan fingerprint density at radius 1 is 1.30 bits per heavy atom. The van der Waals surface area contributed by atoms with Crippen molar-refractivity contribution in [1.82, 2.24) is 4.90 Å². The Labute approximate surface area is 141 Å². The molecule has 2 bridgehead atoms. The van der Waals surface area contributed by atoms with Crippen molar-refractivity contribution in [2.75, 3.05) is 13.1 Å². The molecule has 0 aromatic heterocycles. The van der Waals surface area contributed by atoms with Crippen molar-refractivity contribution in [3.05, 3.63) is 34.9 Å². The maximum absolute atomic E-state index is 10.3. The first-order valence-electron chi connectivity index (χ1n) is 9.17. The highest BCUT2D eigenvalue weighted by atomic mass is 16.3. The summed E-state index contributed by atoms with van der Waals surface area (Å²) >= 11 is 0. The van der Waals surface area contributed by atoms with Gasteiger partial charge in [-0.3, -0.25) is 4.90 Å². The maximum atomic E-state index is 10.3. The van der Waals surface area contributed by atoms with Crippen LogP contribution in [0.15, 0.2) is 18.2 Å². The normalized spacial score (nSPS) is 30.1. The van der Waals surface area contributed by atoms with Crippen molar-refractivity contribution in [1.29, 1.82) is 0 Å². The van der Waals surface area contributed by atoms with E-state index in [-0.39, 0.29) is 10.8 Å².